The van der Waals surface area contributed by atoms with E-state index >= 15 is 0 Å². The molecule has 1 aromatic rings. The summed E-state index contributed by atoms with van der Waals surface area (Å²) in [5, 5.41) is 2.63. The minimum Gasteiger partial charge on any atom is -0.367 e. The molecule has 16 heavy (non-hydrogen) atoms. The molecule has 0 unspecified atom stereocenters. The fourth-order valence-corrected chi connectivity index (χ4v) is 1.46. The average Bonchev–Trinajstić information content (AvgIpc) is 2.29. The molecule has 4 nitrogen and oxygen atoms in total. The van der Waals surface area contributed by atoms with Crippen molar-refractivity contribution in [3.63, 3.8) is 0 Å². The number of aromatic nitrogens is 1. The fourth-order valence-electron chi connectivity index (χ4n) is 1.04. The largest absolute Gasteiger partial charge is 0.367 e. The van der Waals surface area contributed by atoms with Crippen LogP contribution in [0.4, 0.5) is 0 Å². The van der Waals surface area contributed by atoms with Crippen LogP contribution in [0.25, 0.3) is 0 Å². The highest BCUT2D eigenvalue weighted by atomic mass is 35.5. The van der Waals surface area contributed by atoms with Crippen molar-refractivity contribution in [3.05, 3.63) is 34.2 Å². The molecule has 0 aliphatic rings. The standard InChI is InChI=1S/C10H12Cl2N2O2/c1-10(5-11,6-12)14-9(16)7-4-13-3-2-8(7)15/h2-4H,5-6H2,1H3,(H,13,15)(H,14,16). The van der Waals surface area contributed by atoms with E-state index in [9.17, 15) is 9.59 Å². The number of hydrogen-bond acceptors (Lipinski definition) is 2. The third kappa shape index (κ3) is 3.00. The van der Waals surface area contributed by atoms with E-state index in [2.05, 4.69) is 10.3 Å². The number of amides is 1. The summed E-state index contributed by atoms with van der Waals surface area (Å²) in [7, 11) is 0. The van der Waals surface area contributed by atoms with Crippen molar-refractivity contribution in [2.45, 2.75) is 12.5 Å². The molecular formula is C10H12Cl2N2O2. The Morgan fingerprint density at radius 3 is 2.62 bits per heavy atom. The van der Waals surface area contributed by atoms with Gasteiger partial charge in [0.2, 0.25) is 0 Å². The summed E-state index contributed by atoms with van der Waals surface area (Å²) in [6, 6.07) is 1.29. The second kappa shape index (κ2) is 5.37. The summed E-state index contributed by atoms with van der Waals surface area (Å²) < 4.78 is 0. The average molecular weight is 263 g/mol. The highest BCUT2D eigenvalue weighted by Gasteiger charge is 2.25. The maximum Gasteiger partial charge on any atom is 0.257 e. The lowest BCUT2D eigenvalue weighted by Crippen LogP contribution is -2.50. The molecule has 88 valence electrons. The van der Waals surface area contributed by atoms with Gasteiger partial charge in [0.25, 0.3) is 5.91 Å². The first-order valence-electron chi connectivity index (χ1n) is 4.64. The smallest absolute Gasteiger partial charge is 0.257 e. The van der Waals surface area contributed by atoms with Crippen molar-refractivity contribution >= 4 is 29.1 Å². The molecule has 0 spiro atoms. The molecule has 1 aromatic heterocycles. The Kier molecular flexibility index (Phi) is 4.38. The van der Waals surface area contributed by atoms with Crippen molar-refractivity contribution < 1.29 is 4.79 Å². The zero-order chi connectivity index (χ0) is 12.2. The molecule has 2 N–H and O–H groups in total. The van der Waals surface area contributed by atoms with E-state index in [-0.39, 0.29) is 22.8 Å². The molecule has 1 rings (SSSR count). The lowest BCUT2D eigenvalue weighted by atomic mass is 10.1. The molecule has 0 bridgehead atoms. The number of halogens is 2. The minimum atomic E-state index is -0.720. The van der Waals surface area contributed by atoms with Crippen LogP contribution in [0.3, 0.4) is 0 Å². The lowest BCUT2D eigenvalue weighted by Gasteiger charge is -2.25. The van der Waals surface area contributed by atoms with Gasteiger partial charge < -0.3 is 10.3 Å². The molecular weight excluding hydrogens is 251 g/mol. The van der Waals surface area contributed by atoms with Crippen LogP contribution >= 0.6 is 23.2 Å². The number of rotatable bonds is 4. The number of carbonyl (C=O) groups is 1. The maximum atomic E-state index is 11.8. The molecule has 0 fully saturated rings. The van der Waals surface area contributed by atoms with Gasteiger partial charge in [0.15, 0.2) is 5.43 Å². The number of H-pyrrole nitrogens is 1. The number of nitrogens with one attached hydrogen (secondary N) is 2. The molecule has 0 saturated carbocycles. The van der Waals surface area contributed by atoms with Crippen molar-refractivity contribution in [3.8, 4) is 0 Å². The van der Waals surface area contributed by atoms with Crippen molar-refractivity contribution in [2.75, 3.05) is 11.8 Å². The lowest BCUT2D eigenvalue weighted by molar-refractivity contribution is 0.0920. The molecule has 0 saturated heterocycles. The van der Waals surface area contributed by atoms with Gasteiger partial charge in [-0.15, -0.1) is 23.2 Å². The number of hydrogen-bond donors (Lipinski definition) is 2. The first-order valence-corrected chi connectivity index (χ1v) is 5.71. The van der Waals surface area contributed by atoms with Crippen LogP contribution in [0, 0.1) is 0 Å². The zero-order valence-electron chi connectivity index (χ0n) is 8.72. The summed E-state index contributed by atoms with van der Waals surface area (Å²) in [5.41, 5.74) is -1.02. The summed E-state index contributed by atoms with van der Waals surface area (Å²) in [5.74, 6) is -0.134. The van der Waals surface area contributed by atoms with E-state index < -0.39 is 11.4 Å². The Labute approximate surface area is 103 Å². The number of pyridine rings is 1. The first-order chi connectivity index (χ1) is 7.52. The van der Waals surface area contributed by atoms with Crippen LogP contribution in [0.1, 0.15) is 17.3 Å². The summed E-state index contributed by atoms with van der Waals surface area (Å²) in [6.45, 7) is 1.71. The van der Waals surface area contributed by atoms with E-state index in [1.165, 1.54) is 18.5 Å². The maximum absolute atomic E-state index is 11.8. The van der Waals surface area contributed by atoms with Crippen LogP contribution in [0.2, 0.25) is 0 Å². The van der Waals surface area contributed by atoms with Crippen LogP contribution in [0.15, 0.2) is 23.3 Å². The predicted octanol–water partition coefficient (Wildman–Crippen LogP) is 1.34. The third-order valence-corrected chi connectivity index (χ3v) is 3.25. The summed E-state index contributed by atoms with van der Waals surface area (Å²) >= 11 is 11.4. The highest BCUT2D eigenvalue weighted by molar-refractivity contribution is 6.22. The van der Waals surface area contributed by atoms with Gasteiger partial charge in [-0.2, -0.15) is 0 Å². The van der Waals surface area contributed by atoms with E-state index in [0.717, 1.165) is 0 Å². The predicted molar refractivity (Wildman–Crippen MR) is 64.4 cm³/mol. The molecule has 0 aromatic carbocycles. The second-order valence-electron chi connectivity index (χ2n) is 3.70. The summed E-state index contributed by atoms with van der Waals surface area (Å²) in [4.78, 5) is 25.8. The van der Waals surface area contributed by atoms with Gasteiger partial charge in [-0.3, -0.25) is 9.59 Å². The molecule has 0 radical (unpaired) electrons. The molecule has 0 atom stereocenters. The highest BCUT2D eigenvalue weighted by Crippen LogP contribution is 2.09. The SMILES string of the molecule is CC(CCl)(CCl)NC(=O)c1c[nH]ccc1=O. The van der Waals surface area contributed by atoms with Crippen molar-refractivity contribution in [1.29, 1.82) is 0 Å². The van der Waals surface area contributed by atoms with Gasteiger partial charge in [-0.1, -0.05) is 0 Å². The van der Waals surface area contributed by atoms with Gasteiger partial charge in [-0.05, 0) is 6.92 Å². The first kappa shape index (κ1) is 13.1. The fraction of sp³-hybridized carbons (Fsp3) is 0.400. The molecule has 6 heteroatoms. The Morgan fingerprint density at radius 1 is 1.50 bits per heavy atom. The number of carbonyl (C=O) groups excluding carboxylic acids is 1. The Balaban J connectivity index is 2.89. The number of aromatic amines is 1. The van der Waals surface area contributed by atoms with E-state index in [1.807, 2.05) is 0 Å². The molecule has 0 aliphatic heterocycles. The normalized spacial score (nSPS) is 11.2. The van der Waals surface area contributed by atoms with Crippen molar-refractivity contribution in [2.24, 2.45) is 0 Å². The third-order valence-electron chi connectivity index (χ3n) is 2.07. The Bertz CT molecular complexity index is 427. The van der Waals surface area contributed by atoms with Crippen LogP contribution in [-0.4, -0.2) is 28.2 Å². The van der Waals surface area contributed by atoms with Gasteiger partial charge >= 0.3 is 0 Å². The van der Waals surface area contributed by atoms with Gasteiger partial charge in [0, 0.05) is 30.2 Å². The van der Waals surface area contributed by atoms with Gasteiger partial charge in [0.1, 0.15) is 5.56 Å². The van der Waals surface area contributed by atoms with Crippen LogP contribution in [0.5, 0.6) is 0 Å². The summed E-state index contributed by atoms with van der Waals surface area (Å²) in [6.07, 6.45) is 2.81. The number of alkyl halides is 2. The van der Waals surface area contributed by atoms with Crippen LogP contribution in [-0.2, 0) is 0 Å². The Morgan fingerprint density at radius 2 is 2.12 bits per heavy atom. The van der Waals surface area contributed by atoms with Crippen LogP contribution < -0.4 is 10.7 Å². The van der Waals surface area contributed by atoms with E-state index in [1.54, 1.807) is 6.92 Å². The monoisotopic (exact) mass is 262 g/mol. The van der Waals surface area contributed by atoms with Crippen molar-refractivity contribution in [1.82, 2.24) is 10.3 Å². The molecule has 0 aliphatic carbocycles. The van der Waals surface area contributed by atoms with Gasteiger partial charge in [0.05, 0.1) is 5.54 Å². The zero-order valence-corrected chi connectivity index (χ0v) is 10.2. The van der Waals surface area contributed by atoms with E-state index in [0.29, 0.717) is 0 Å². The minimum absolute atomic E-state index is 0.0453. The van der Waals surface area contributed by atoms with Gasteiger partial charge in [-0.25, -0.2) is 0 Å². The van der Waals surface area contributed by atoms with E-state index in [4.69, 9.17) is 23.2 Å². The molecule has 1 amide bonds. The molecule has 1 heterocycles. The quantitative estimate of drug-likeness (QED) is 0.805. The Hall–Kier alpha value is -1.00. The second-order valence-corrected chi connectivity index (χ2v) is 4.24. The topological polar surface area (TPSA) is 62.0 Å².